The lowest BCUT2D eigenvalue weighted by atomic mass is 9.86. The van der Waals surface area contributed by atoms with Gasteiger partial charge in [0, 0.05) is 18.9 Å². The van der Waals surface area contributed by atoms with Gasteiger partial charge in [-0.2, -0.15) is 0 Å². The Kier molecular flexibility index (Phi) is 3.69. The largest absolute Gasteiger partial charge is 0.392 e. The lowest BCUT2D eigenvalue weighted by Crippen LogP contribution is -2.34. The SMILES string of the molecule is CCOC1CCC(C=O)C(O)C1. The molecule has 0 aromatic rings. The van der Waals surface area contributed by atoms with Crippen molar-refractivity contribution < 1.29 is 14.6 Å². The third kappa shape index (κ3) is 2.29. The minimum absolute atomic E-state index is 0.154. The first-order chi connectivity index (χ1) is 5.77. The van der Waals surface area contributed by atoms with E-state index in [-0.39, 0.29) is 12.0 Å². The lowest BCUT2D eigenvalue weighted by molar-refractivity contribution is -0.118. The topological polar surface area (TPSA) is 46.5 Å². The van der Waals surface area contributed by atoms with Crippen LogP contribution in [0.5, 0.6) is 0 Å². The fourth-order valence-corrected chi connectivity index (χ4v) is 1.68. The maximum atomic E-state index is 10.4. The smallest absolute Gasteiger partial charge is 0.125 e. The Morgan fingerprint density at radius 2 is 2.33 bits per heavy atom. The molecule has 1 fully saturated rings. The molecule has 1 aliphatic rings. The molecule has 3 atom stereocenters. The second kappa shape index (κ2) is 4.58. The number of rotatable bonds is 3. The van der Waals surface area contributed by atoms with Crippen LogP contribution in [0.3, 0.4) is 0 Å². The third-order valence-electron chi connectivity index (χ3n) is 2.40. The van der Waals surface area contributed by atoms with Gasteiger partial charge in [-0.1, -0.05) is 0 Å². The summed E-state index contributed by atoms with van der Waals surface area (Å²) in [4.78, 5) is 10.4. The van der Waals surface area contributed by atoms with E-state index in [1.807, 2.05) is 6.92 Å². The zero-order chi connectivity index (χ0) is 8.97. The Morgan fingerprint density at radius 1 is 1.58 bits per heavy atom. The summed E-state index contributed by atoms with van der Waals surface area (Å²) >= 11 is 0. The summed E-state index contributed by atoms with van der Waals surface area (Å²) in [6.45, 7) is 2.63. The lowest BCUT2D eigenvalue weighted by Gasteiger charge is -2.29. The van der Waals surface area contributed by atoms with E-state index in [0.717, 1.165) is 19.1 Å². The van der Waals surface area contributed by atoms with E-state index in [1.165, 1.54) is 0 Å². The first-order valence-electron chi connectivity index (χ1n) is 4.53. The maximum Gasteiger partial charge on any atom is 0.125 e. The number of hydrogen-bond donors (Lipinski definition) is 1. The van der Waals surface area contributed by atoms with Crippen molar-refractivity contribution in [2.45, 2.75) is 38.4 Å². The molecule has 12 heavy (non-hydrogen) atoms. The van der Waals surface area contributed by atoms with Crippen LogP contribution in [-0.4, -0.2) is 30.2 Å². The van der Waals surface area contributed by atoms with E-state index in [9.17, 15) is 9.90 Å². The Labute approximate surface area is 72.7 Å². The van der Waals surface area contributed by atoms with Crippen molar-refractivity contribution in [2.24, 2.45) is 5.92 Å². The standard InChI is InChI=1S/C9H16O3/c1-2-12-8-4-3-7(6-10)9(11)5-8/h6-9,11H,2-5H2,1H3. The van der Waals surface area contributed by atoms with E-state index in [1.54, 1.807) is 0 Å². The Balaban J connectivity index is 2.35. The van der Waals surface area contributed by atoms with Crippen molar-refractivity contribution in [2.75, 3.05) is 6.61 Å². The highest BCUT2D eigenvalue weighted by molar-refractivity contribution is 5.54. The van der Waals surface area contributed by atoms with Crippen LogP contribution >= 0.6 is 0 Å². The van der Waals surface area contributed by atoms with Crippen molar-refractivity contribution in [3.05, 3.63) is 0 Å². The predicted molar refractivity (Wildman–Crippen MR) is 44.8 cm³/mol. The Morgan fingerprint density at radius 3 is 2.83 bits per heavy atom. The van der Waals surface area contributed by atoms with Crippen LogP contribution in [0.1, 0.15) is 26.2 Å². The van der Waals surface area contributed by atoms with Gasteiger partial charge in [-0.15, -0.1) is 0 Å². The number of aldehydes is 1. The number of ether oxygens (including phenoxy) is 1. The highest BCUT2D eigenvalue weighted by Gasteiger charge is 2.28. The molecule has 0 spiro atoms. The molecule has 70 valence electrons. The fourth-order valence-electron chi connectivity index (χ4n) is 1.68. The fraction of sp³-hybridized carbons (Fsp3) is 0.889. The molecular weight excluding hydrogens is 156 g/mol. The molecule has 3 heteroatoms. The van der Waals surface area contributed by atoms with Crippen molar-refractivity contribution >= 4 is 6.29 Å². The van der Waals surface area contributed by atoms with Crippen LogP contribution in [0.4, 0.5) is 0 Å². The number of aliphatic hydroxyl groups is 1. The van der Waals surface area contributed by atoms with Gasteiger partial charge in [-0.3, -0.25) is 0 Å². The molecule has 1 rings (SSSR count). The molecule has 3 unspecified atom stereocenters. The second-order valence-electron chi connectivity index (χ2n) is 3.26. The van der Waals surface area contributed by atoms with Gasteiger partial charge in [-0.25, -0.2) is 0 Å². The van der Waals surface area contributed by atoms with Crippen LogP contribution in [0.15, 0.2) is 0 Å². The normalized spacial score (nSPS) is 36.3. The molecule has 0 saturated heterocycles. The maximum absolute atomic E-state index is 10.4. The predicted octanol–water partition coefficient (Wildman–Crippen LogP) is 0.751. The van der Waals surface area contributed by atoms with Gasteiger partial charge >= 0.3 is 0 Å². The number of hydrogen-bond acceptors (Lipinski definition) is 3. The van der Waals surface area contributed by atoms with Gasteiger partial charge in [0.05, 0.1) is 12.2 Å². The molecule has 1 aliphatic carbocycles. The molecule has 3 nitrogen and oxygen atoms in total. The zero-order valence-corrected chi connectivity index (χ0v) is 7.40. The first-order valence-corrected chi connectivity index (χ1v) is 4.53. The molecule has 0 radical (unpaired) electrons. The summed E-state index contributed by atoms with van der Waals surface area (Å²) in [5.41, 5.74) is 0. The summed E-state index contributed by atoms with van der Waals surface area (Å²) in [6, 6.07) is 0. The third-order valence-corrected chi connectivity index (χ3v) is 2.40. The van der Waals surface area contributed by atoms with E-state index in [0.29, 0.717) is 13.0 Å². The summed E-state index contributed by atoms with van der Waals surface area (Å²) in [5, 5.41) is 9.45. The first kappa shape index (κ1) is 9.68. The van der Waals surface area contributed by atoms with Crippen molar-refractivity contribution in [3.63, 3.8) is 0 Å². The molecule has 1 N–H and O–H groups in total. The van der Waals surface area contributed by atoms with E-state index >= 15 is 0 Å². The van der Waals surface area contributed by atoms with Gasteiger partial charge < -0.3 is 14.6 Å². The van der Waals surface area contributed by atoms with Gasteiger partial charge in [0.25, 0.3) is 0 Å². The van der Waals surface area contributed by atoms with Crippen LogP contribution in [-0.2, 0) is 9.53 Å². The van der Waals surface area contributed by atoms with Gasteiger partial charge in [0.1, 0.15) is 6.29 Å². The average molecular weight is 172 g/mol. The van der Waals surface area contributed by atoms with E-state index < -0.39 is 6.10 Å². The minimum Gasteiger partial charge on any atom is -0.392 e. The Hall–Kier alpha value is -0.410. The second-order valence-corrected chi connectivity index (χ2v) is 3.26. The van der Waals surface area contributed by atoms with E-state index in [2.05, 4.69) is 0 Å². The zero-order valence-electron chi connectivity index (χ0n) is 7.40. The summed E-state index contributed by atoms with van der Waals surface area (Å²) in [7, 11) is 0. The van der Waals surface area contributed by atoms with Crippen molar-refractivity contribution in [1.82, 2.24) is 0 Å². The van der Waals surface area contributed by atoms with Crippen molar-refractivity contribution in [3.8, 4) is 0 Å². The van der Waals surface area contributed by atoms with E-state index in [4.69, 9.17) is 4.74 Å². The molecule has 0 aliphatic heterocycles. The number of aliphatic hydroxyl groups excluding tert-OH is 1. The minimum atomic E-state index is -0.493. The Bertz CT molecular complexity index is 147. The average Bonchev–Trinajstić information content (AvgIpc) is 2.05. The molecule has 0 amide bonds. The van der Waals surface area contributed by atoms with Crippen molar-refractivity contribution in [1.29, 1.82) is 0 Å². The molecule has 0 aromatic heterocycles. The van der Waals surface area contributed by atoms with Gasteiger partial charge in [0.2, 0.25) is 0 Å². The van der Waals surface area contributed by atoms with Crippen LogP contribution < -0.4 is 0 Å². The summed E-state index contributed by atoms with van der Waals surface area (Å²) < 4.78 is 5.37. The highest BCUT2D eigenvalue weighted by atomic mass is 16.5. The molecule has 1 saturated carbocycles. The highest BCUT2D eigenvalue weighted by Crippen LogP contribution is 2.25. The quantitative estimate of drug-likeness (QED) is 0.639. The molecule has 0 heterocycles. The van der Waals surface area contributed by atoms with Crippen LogP contribution in [0.25, 0.3) is 0 Å². The molecule has 0 bridgehead atoms. The van der Waals surface area contributed by atoms with Gasteiger partial charge in [0.15, 0.2) is 0 Å². The molecule has 0 aromatic carbocycles. The summed E-state index contributed by atoms with van der Waals surface area (Å²) in [5.74, 6) is -0.165. The monoisotopic (exact) mass is 172 g/mol. The molecular formula is C9H16O3. The number of carbonyl (C=O) groups excluding carboxylic acids is 1. The summed E-state index contributed by atoms with van der Waals surface area (Å²) in [6.07, 6.45) is 2.78. The van der Waals surface area contributed by atoms with Crippen LogP contribution in [0.2, 0.25) is 0 Å². The van der Waals surface area contributed by atoms with Crippen LogP contribution in [0, 0.1) is 5.92 Å². The number of carbonyl (C=O) groups is 1. The van der Waals surface area contributed by atoms with Gasteiger partial charge in [-0.05, 0) is 19.8 Å².